The Morgan fingerprint density at radius 3 is 3.00 bits per heavy atom. The van der Waals surface area contributed by atoms with Crippen molar-refractivity contribution in [3.8, 4) is 0 Å². The number of carbonyl (C=O) groups is 1. The Morgan fingerprint density at radius 1 is 1.53 bits per heavy atom. The third-order valence-electron chi connectivity index (χ3n) is 3.34. The zero-order valence-electron chi connectivity index (χ0n) is 11.0. The Bertz CT molecular complexity index is 431. The van der Waals surface area contributed by atoms with Crippen LogP contribution >= 0.6 is 24.0 Å². The van der Waals surface area contributed by atoms with E-state index in [-0.39, 0.29) is 18.3 Å². The van der Waals surface area contributed by atoms with Gasteiger partial charge >= 0.3 is 0 Å². The monoisotopic (exact) mass is 302 g/mol. The van der Waals surface area contributed by atoms with Gasteiger partial charge in [-0.1, -0.05) is 17.7 Å². The van der Waals surface area contributed by atoms with Crippen LogP contribution in [0.4, 0.5) is 5.69 Å². The highest BCUT2D eigenvalue weighted by atomic mass is 35.5. The predicted molar refractivity (Wildman–Crippen MR) is 82.3 cm³/mol. The van der Waals surface area contributed by atoms with Crippen molar-refractivity contribution in [2.24, 2.45) is 5.92 Å². The van der Waals surface area contributed by atoms with Crippen LogP contribution in [0.3, 0.4) is 0 Å². The van der Waals surface area contributed by atoms with Gasteiger partial charge in [0.15, 0.2) is 0 Å². The molecule has 1 aliphatic rings. The highest BCUT2D eigenvalue weighted by molar-refractivity contribution is 6.33. The van der Waals surface area contributed by atoms with Gasteiger partial charge in [-0.3, -0.25) is 4.79 Å². The van der Waals surface area contributed by atoms with Crippen molar-refractivity contribution in [2.75, 3.05) is 18.4 Å². The van der Waals surface area contributed by atoms with Crippen LogP contribution in [-0.4, -0.2) is 19.0 Å². The standard InChI is InChI=1S/C14H19ClN2O.ClH/c1-10-2-4-12(15)13(8-10)17-14(18)5-3-11-6-7-16-9-11;/h2,4,8,11,16H,3,5-7,9H2,1H3,(H,17,18);1H. The van der Waals surface area contributed by atoms with E-state index in [0.717, 1.165) is 25.1 Å². The summed E-state index contributed by atoms with van der Waals surface area (Å²) in [5, 5.41) is 6.79. The Balaban J connectivity index is 0.00000180. The quantitative estimate of drug-likeness (QED) is 0.895. The molecule has 1 aliphatic heterocycles. The first-order chi connectivity index (χ1) is 8.65. The topological polar surface area (TPSA) is 41.1 Å². The van der Waals surface area contributed by atoms with Crippen LogP contribution in [0.25, 0.3) is 0 Å². The summed E-state index contributed by atoms with van der Waals surface area (Å²) in [7, 11) is 0. The van der Waals surface area contributed by atoms with Crippen LogP contribution in [0.5, 0.6) is 0 Å². The second-order valence-electron chi connectivity index (χ2n) is 4.93. The second-order valence-corrected chi connectivity index (χ2v) is 5.34. The molecule has 1 saturated heterocycles. The average Bonchev–Trinajstić information content (AvgIpc) is 2.84. The molecule has 2 N–H and O–H groups in total. The number of amides is 1. The summed E-state index contributed by atoms with van der Waals surface area (Å²) >= 11 is 6.04. The van der Waals surface area contributed by atoms with Crippen LogP contribution in [0, 0.1) is 12.8 Å². The van der Waals surface area contributed by atoms with Gasteiger partial charge in [-0.25, -0.2) is 0 Å². The summed E-state index contributed by atoms with van der Waals surface area (Å²) in [5.74, 6) is 0.693. The molecule has 1 atom stereocenters. The van der Waals surface area contributed by atoms with E-state index in [1.807, 2.05) is 25.1 Å². The minimum atomic E-state index is 0. The van der Waals surface area contributed by atoms with Gasteiger partial charge in [-0.2, -0.15) is 0 Å². The SMILES string of the molecule is Cc1ccc(Cl)c(NC(=O)CCC2CCNC2)c1.Cl. The third kappa shape index (κ3) is 5.01. The smallest absolute Gasteiger partial charge is 0.224 e. The number of hydrogen-bond acceptors (Lipinski definition) is 2. The number of halogens is 2. The number of hydrogen-bond donors (Lipinski definition) is 2. The zero-order valence-corrected chi connectivity index (χ0v) is 12.6. The van der Waals surface area contributed by atoms with E-state index in [1.54, 1.807) is 0 Å². The van der Waals surface area contributed by atoms with Crippen LogP contribution < -0.4 is 10.6 Å². The summed E-state index contributed by atoms with van der Waals surface area (Å²) in [6.45, 7) is 4.10. The van der Waals surface area contributed by atoms with Crippen LogP contribution in [0.1, 0.15) is 24.8 Å². The molecule has 1 aromatic rings. The summed E-state index contributed by atoms with van der Waals surface area (Å²) in [6, 6.07) is 5.65. The van der Waals surface area contributed by atoms with Gasteiger partial charge < -0.3 is 10.6 Å². The molecule has 1 amide bonds. The van der Waals surface area contributed by atoms with Gasteiger partial charge in [0.05, 0.1) is 10.7 Å². The largest absolute Gasteiger partial charge is 0.325 e. The van der Waals surface area contributed by atoms with E-state index in [1.165, 1.54) is 6.42 Å². The molecule has 0 bridgehead atoms. The molecule has 106 valence electrons. The maximum absolute atomic E-state index is 11.8. The Morgan fingerprint density at radius 2 is 2.32 bits per heavy atom. The highest BCUT2D eigenvalue weighted by Gasteiger charge is 2.16. The lowest BCUT2D eigenvalue weighted by atomic mass is 10.0. The molecule has 1 unspecified atom stereocenters. The maximum Gasteiger partial charge on any atom is 0.224 e. The molecule has 0 aliphatic carbocycles. The van der Waals surface area contributed by atoms with Crippen molar-refractivity contribution in [1.29, 1.82) is 0 Å². The van der Waals surface area contributed by atoms with Gasteiger partial charge in [-0.05, 0) is 56.5 Å². The molecule has 1 aromatic carbocycles. The summed E-state index contributed by atoms with van der Waals surface area (Å²) in [6.07, 6.45) is 2.69. The molecule has 0 saturated carbocycles. The number of rotatable bonds is 4. The number of carbonyl (C=O) groups excluding carboxylic acids is 1. The average molecular weight is 303 g/mol. The lowest BCUT2D eigenvalue weighted by molar-refractivity contribution is -0.116. The predicted octanol–water partition coefficient (Wildman–Crippen LogP) is 3.40. The summed E-state index contributed by atoms with van der Waals surface area (Å²) < 4.78 is 0. The highest BCUT2D eigenvalue weighted by Crippen LogP contribution is 2.23. The van der Waals surface area contributed by atoms with Crippen molar-refractivity contribution < 1.29 is 4.79 Å². The van der Waals surface area contributed by atoms with E-state index in [9.17, 15) is 4.79 Å². The minimum Gasteiger partial charge on any atom is -0.325 e. The lowest BCUT2D eigenvalue weighted by Gasteiger charge is -2.10. The van der Waals surface area contributed by atoms with Crippen molar-refractivity contribution in [1.82, 2.24) is 5.32 Å². The minimum absolute atomic E-state index is 0. The molecule has 19 heavy (non-hydrogen) atoms. The zero-order chi connectivity index (χ0) is 13.0. The van der Waals surface area contributed by atoms with Crippen molar-refractivity contribution in [2.45, 2.75) is 26.2 Å². The molecule has 5 heteroatoms. The third-order valence-corrected chi connectivity index (χ3v) is 3.67. The van der Waals surface area contributed by atoms with Crippen molar-refractivity contribution in [3.63, 3.8) is 0 Å². The van der Waals surface area contributed by atoms with E-state index < -0.39 is 0 Å². The van der Waals surface area contributed by atoms with Gasteiger partial charge in [0.2, 0.25) is 5.91 Å². The number of benzene rings is 1. The summed E-state index contributed by atoms with van der Waals surface area (Å²) in [4.78, 5) is 11.8. The Kier molecular flexibility index (Phi) is 6.63. The van der Waals surface area contributed by atoms with Crippen LogP contribution in [0.2, 0.25) is 5.02 Å². The van der Waals surface area contributed by atoms with Crippen molar-refractivity contribution >= 4 is 35.6 Å². The second kappa shape index (κ2) is 7.73. The first-order valence-electron chi connectivity index (χ1n) is 6.42. The van der Waals surface area contributed by atoms with E-state index >= 15 is 0 Å². The number of anilines is 1. The Hall–Kier alpha value is -0.770. The molecule has 2 rings (SSSR count). The van der Waals surface area contributed by atoms with Gasteiger partial charge in [0, 0.05) is 6.42 Å². The van der Waals surface area contributed by atoms with E-state index in [0.29, 0.717) is 23.0 Å². The molecular formula is C14H20Cl2N2O. The fraction of sp³-hybridized carbons (Fsp3) is 0.500. The first-order valence-corrected chi connectivity index (χ1v) is 6.79. The van der Waals surface area contributed by atoms with E-state index in [2.05, 4.69) is 10.6 Å². The molecule has 1 heterocycles. The molecule has 3 nitrogen and oxygen atoms in total. The van der Waals surface area contributed by atoms with Gasteiger partial charge in [0.25, 0.3) is 0 Å². The Labute approximate surface area is 125 Å². The molecule has 0 spiro atoms. The lowest BCUT2D eigenvalue weighted by Crippen LogP contribution is -2.15. The van der Waals surface area contributed by atoms with Crippen molar-refractivity contribution in [3.05, 3.63) is 28.8 Å². The van der Waals surface area contributed by atoms with Gasteiger partial charge in [0.1, 0.15) is 0 Å². The maximum atomic E-state index is 11.8. The van der Waals surface area contributed by atoms with Gasteiger partial charge in [-0.15, -0.1) is 12.4 Å². The fourth-order valence-electron chi connectivity index (χ4n) is 2.24. The molecule has 0 radical (unpaired) electrons. The molecule has 0 aromatic heterocycles. The summed E-state index contributed by atoms with van der Waals surface area (Å²) in [5.41, 5.74) is 1.81. The van der Waals surface area contributed by atoms with Crippen LogP contribution in [-0.2, 0) is 4.79 Å². The number of aryl methyl sites for hydroxylation is 1. The molecule has 1 fully saturated rings. The number of nitrogens with one attached hydrogen (secondary N) is 2. The fourth-order valence-corrected chi connectivity index (χ4v) is 2.41. The normalized spacial score (nSPS) is 17.9. The first kappa shape index (κ1) is 16.3. The van der Waals surface area contributed by atoms with Crippen LogP contribution in [0.15, 0.2) is 18.2 Å². The van der Waals surface area contributed by atoms with E-state index in [4.69, 9.17) is 11.6 Å². The molecular weight excluding hydrogens is 283 g/mol.